The van der Waals surface area contributed by atoms with Crippen LogP contribution in [0.4, 0.5) is 0 Å². The molecule has 0 unspecified atom stereocenters. The van der Waals surface area contributed by atoms with E-state index in [9.17, 15) is 4.79 Å². The van der Waals surface area contributed by atoms with Crippen LogP contribution in [0.3, 0.4) is 0 Å². The molecule has 1 aliphatic rings. The van der Waals surface area contributed by atoms with Gasteiger partial charge in [0.2, 0.25) is 0 Å². The van der Waals surface area contributed by atoms with Gasteiger partial charge in [-0.1, -0.05) is 23.7 Å². The molecule has 1 aromatic heterocycles. The molecule has 2 aromatic rings. The van der Waals surface area contributed by atoms with Gasteiger partial charge in [0.05, 0.1) is 16.1 Å². The molecule has 0 radical (unpaired) electrons. The van der Waals surface area contributed by atoms with Crippen molar-refractivity contribution in [1.82, 2.24) is 15.2 Å². The first kappa shape index (κ1) is 13.3. The topological polar surface area (TPSA) is 45.2 Å². The molecule has 1 fully saturated rings. The van der Waals surface area contributed by atoms with Gasteiger partial charge in [0.1, 0.15) is 0 Å². The van der Waals surface area contributed by atoms with Crippen LogP contribution in [0.5, 0.6) is 0 Å². The molecule has 1 N–H and O–H groups in total. The molecular weight excluding hydrogens is 274 g/mol. The van der Waals surface area contributed by atoms with Crippen LogP contribution in [-0.2, 0) is 0 Å². The quantitative estimate of drug-likeness (QED) is 0.876. The van der Waals surface area contributed by atoms with Gasteiger partial charge in [-0.2, -0.15) is 0 Å². The predicted molar refractivity (Wildman–Crippen MR) is 80.3 cm³/mol. The minimum atomic E-state index is 0.0595. The first-order valence-corrected chi connectivity index (χ1v) is 7.10. The van der Waals surface area contributed by atoms with Gasteiger partial charge in [0.25, 0.3) is 5.91 Å². The van der Waals surface area contributed by atoms with Gasteiger partial charge >= 0.3 is 0 Å². The van der Waals surface area contributed by atoms with E-state index in [1.807, 2.05) is 30.0 Å². The van der Waals surface area contributed by atoms with Crippen LogP contribution in [0.2, 0.25) is 5.02 Å². The lowest BCUT2D eigenvalue weighted by Crippen LogP contribution is -2.46. The van der Waals surface area contributed by atoms with Crippen LogP contribution in [0, 0.1) is 6.92 Å². The number of nitrogens with one attached hydrogen (secondary N) is 1. The van der Waals surface area contributed by atoms with Crippen LogP contribution < -0.4 is 5.32 Å². The summed E-state index contributed by atoms with van der Waals surface area (Å²) in [6.07, 6.45) is 0. The Morgan fingerprint density at radius 2 is 2.10 bits per heavy atom. The lowest BCUT2D eigenvalue weighted by Gasteiger charge is -2.28. The van der Waals surface area contributed by atoms with Crippen molar-refractivity contribution >= 4 is 28.4 Å². The lowest BCUT2D eigenvalue weighted by molar-refractivity contribution is 0.0737. The molecule has 2 heterocycles. The zero-order valence-corrected chi connectivity index (χ0v) is 12.1. The fourth-order valence-corrected chi connectivity index (χ4v) is 2.77. The van der Waals surface area contributed by atoms with Crippen molar-refractivity contribution in [2.24, 2.45) is 0 Å². The smallest absolute Gasteiger partial charge is 0.254 e. The van der Waals surface area contributed by atoms with E-state index in [4.69, 9.17) is 11.6 Å². The number of fused-ring (bicyclic) bond motifs is 1. The Morgan fingerprint density at radius 1 is 1.35 bits per heavy atom. The largest absolute Gasteiger partial charge is 0.336 e. The molecule has 1 aliphatic heterocycles. The summed E-state index contributed by atoms with van der Waals surface area (Å²) in [5.74, 6) is 0.0595. The van der Waals surface area contributed by atoms with Gasteiger partial charge in [-0.15, -0.1) is 0 Å². The summed E-state index contributed by atoms with van der Waals surface area (Å²) in [6, 6.07) is 7.41. The Kier molecular flexibility index (Phi) is 3.59. The van der Waals surface area contributed by atoms with Crippen molar-refractivity contribution in [2.45, 2.75) is 6.92 Å². The number of carbonyl (C=O) groups is 1. The second-order valence-corrected chi connectivity index (χ2v) is 5.40. The average Bonchev–Trinajstić information content (AvgIpc) is 2.48. The number of aryl methyl sites for hydroxylation is 1. The fourth-order valence-electron chi connectivity index (χ4n) is 2.56. The number of amides is 1. The highest BCUT2D eigenvalue weighted by Crippen LogP contribution is 2.26. The van der Waals surface area contributed by atoms with Crippen molar-refractivity contribution in [3.8, 4) is 0 Å². The molecule has 20 heavy (non-hydrogen) atoms. The van der Waals surface area contributed by atoms with Gasteiger partial charge < -0.3 is 10.2 Å². The molecule has 0 atom stereocenters. The van der Waals surface area contributed by atoms with Gasteiger partial charge in [0.15, 0.2) is 0 Å². The van der Waals surface area contributed by atoms with Crippen LogP contribution in [0.15, 0.2) is 24.3 Å². The van der Waals surface area contributed by atoms with Crippen molar-refractivity contribution in [3.63, 3.8) is 0 Å². The minimum absolute atomic E-state index is 0.0595. The Morgan fingerprint density at radius 3 is 2.85 bits per heavy atom. The number of hydrogen-bond acceptors (Lipinski definition) is 3. The fraction of sp³-hybridized carbons (Fsp3) is 0.333. The highest BCUT2D eigenvalue weighted by Gasteiger charge is 2.21. The maximum atomic E-state index is 12.7. The predicted octanol–water partition coefficient (Wildman–Crippen LogP) is 2.24. The number of para-hydroxylation sites is 1. The second kappa shape index (κ2) is 5.38. The molecule has 3 rings (SSSR count). The molecule has 104 valence electrons. The van der Waals surface area contributed by atoms with Crippen LogP contribution in [0.25, 0.3) is 10.9 Å². The highest BCUT2D eigenvalue weighted by atomic mass is 35.5. The highest BCUT2D eigenvalue weighted by molar-refractivity contribution is 6.35. The summed E-state index contributed by atoms with van der Waals surface area (Å²) >= 11 is 6.19. The van der Waals surface area contributed by atoms with E-state index in [0.717, 1.165) is 37.3 Å². The SMILES string of the molecule is Cc1cc(C(=O)N2CCNCC2)c2cccc(Cl)c2n1. The third kappa shape index (κ3) is 2.37. The summed E-state index contributed by atoms with van der Waals surface area (Å²) < 4.78 is 0. The number of piperazine rings is 1. The van der Waals surface area contributed by atoms with E-state index in [1.165, 1.54) is 0 Å². The lowest BCUT2D eigenvalue weighted by atomic mass is 10.1. The summed E-state index contributed by atoms with van der Waals surface area (Å²) in [5, 5.41) is 4.66. The third-order valence-electron chi connectivity index (χ3n) is 3.55. The number of halogens is 1. The van der Waals surface area contributed by atoms with Crippen molar-refractivity contribution < 1.29 is 4.79 Å². The second-order valence-electron chi connectivity index (χ2n) is 4.99. The molecule has 1 aromatic carbocycles. The van der Waals surface area contributed by atoms with Crippen LogP contribution in [-0.4, -0.2) is 42.0 Å². The number of carbonyl (C=O) groups excluding carboxylic acids is 1. The number of benzene rings is 1. The summed E-state index contributed by atoms with van der Waals surface area (Å²) in [4.78, 5) is 19.0. The van der Waals surface area contributed by atoms with E-state index in [1.54, 1.807) is 6.07 Å². The van der Waals surface area contributed by atoms with E-state index < -0.39 is 0 Å². The summed E-state index contributed by atoms with van der Waals surface area (Å²) in [6.45, 7) is 5.05. The van der Waals surface area contributed by atoms with E-state index in [-0.39, 0.29) is 5.91 Å². The average molecular weight is 290 g/mol. The first-order valence-electron chi connectivity index (χ1n) is 6.72. The summed E-state index contributed by atoms with van der Waals surface area (Å²) in [5.41, 5.74) is 2.20. The first-order chi connectivity index (χ1) is 9.66. The minimum Gasteiger partial charge on any atom is -0.336 e. The van der Waals surface area contributed by atoms with Crippen molar-refractivity contribution in [1.29, 1.82) is 0 Å². The number of nitrogens with zero attached hydrogens (tertiary/aromatic N) is 2. The molecular formula is C15H16ClN3O. The molecule has 1 saturated heterocycles. The number of aromatic nitrogens is 1. The Bertz CT molecular complexity index is 665. The maximum Gasteiger partial charge on any atom is 0.254 e. The molecule has 1 amide bonds. The van der Waals surface area contributed by atoms with E-state index in [2.05, 4.69) is 10.3 Å². The molecule has 0 saturated carbocycles. The van der Waals surface area contributed by atoms with Crippen LogP contribution in [0.1, 0.15) is 16.1 Å². The van der Waals surface area contributed by atoms with E-state index >= 15 is 0 Å². The standard InChI is InChI=1S/C15H16ClN3O/c1-10-9-12(15(20)19-7-5-17-6-8-19)11-3-2-4-13(16)14(11)18-10/h2-4,9,17H,5-8H2,1H3. The van der Waals surface area contributed by atoms with Crippen LogP contribution >= 0.6 is 11.6 Å². The Hall–Kier alpha value is -1.65. The molecule has 0 bridgehead atoms. The van der Waals surface area contributed by atoms with Crippen molar-refractivity contribution in [3.05, 3.63) is 40.5 Å². The molecule has 0 aliphatic carbocycles. The normalized spacial score (nSPS) is 15.6. The summed E-state index contributed by atoms with van der Waals surface area (Å²) in [7, 11) is 0. The molecule has 5 heteroatoms. The van der Waals surface area contributed by atoms with Gasteiger partial charge in [-0.3, -0.25) is 9.78 Å². The Labute approximate surface area is 122 Å². The number of rotatable bonds is 1. The molecule has 0 spiro atoms. The number of hydrogen-bond donors (Lipinski definition) is 1. The van der Waals surface area contributed by atoms with E-state index in [0.29, 0.717) is 16.1 Å². The van der Waals surface area contributed by atoms with Gasteiger partial charge in [-0.25, -0.2) is 0 Å². The zero-order valence-electron chi connectivity index (χ0n) is 11.3. The zero-order chi connectivity index (χ0) is 14.1. The van der Waals surface area contributed by atoms with Gasteiger partial charge in [0, 0.05) is 37.3 Å². The monoisotopic (exact) mass is 289 g/mol. The Balaban J connectivity index is 2.10. The third-order valence-corrected chi connectivity index (χ3v) is 3.86. The van der Waals surface area contributed by atoms with Gasteiger partial charge in [-0.05, 0) is 19.1 Å². The maximum absolute atomic E-state index is 12.7. The van der Waals surface area contributed by atoms with Crippen molar-refractivity contribution in [2.75, 3.05) is 26.2 Å². The number of pyridine rings is 1. The molecule has 4 nitrogen and oxygen atoms in total.